The Morgan fingerprint density at radius 2 is 2.40 bits per heavy atom. The van der Waals surface area contributed by atoms with E-state index < -0.39 is 0 Å². The van der Waals surface area contributed by atoms with Crippen LogP contribution in [0, 0.1) is 0 Å². The van der Waals surface area contributed by atoms with Gasteiger partial charge in [-0.2, -0.15) is 0 Å². The third-order valence-electron chi connectivity index (χ3n) is 0.741. The molecule has 0 saturated carbocycles. The van der Waals surface area contributed by atoms with E-state index >= 15 is 0 Å². The Hall–Kier alpha value is -0.320. The van der Waals surface area contributed by atoms with Crippen LogP contribution in [0.3, 0.4) is 0 Å². The quantitative estimate of drug-likeness (QED) is 0.359. The summed E-state index contributed by atoms with van der Waals surface area (Å²) in [6, 6.07) is 0. The highest BCUT2D eigenvalue weighted by Crippen LogP contribution is 1.71. The zero-order valence-electron chi connectivity index (χ0n) is 5.55. The SMILES string of the molecule is F/C=C/CNCOCC=S. The van der Waals surface area contributed by atoms with Crippen molar-refractivity contribution in [2.24, 2.45) is 0 Å². The second-order valence-corrected chi connectivity index (χ2v) is 1.83. The molecule has 2 nitrogen and oxygen atoms in total. The maximum absolute atomic E-state index is 11.3. The smallest absolute Gasteiger partial charge is 0.0972 e. The summed E-state index contributed by atoms with van der Waals surface area (Å²) >= 11 is 4.50. The average molecular weight is 163 g/mol. The molecule has 0 atom stereocenters. The van der Waals surface area contributed by atoms with Crippen molar-refractivity contribution < 1.29 is 9.13 Å². The van der Waals surface area contributed by atoms with Crippen LogP contribution in [0.4, 0.5) is 4.39 Å². The van der Waals surface area contributed by atoms with Crippen molar-refractivity contribution in [2.45, 2.75) is 0 Å². The van der Waals surface area contributed by atoms with Crippen LogP contribution in [0.25, 0.3) is 0 Å². The molecule has 0 amide bonds. The molecule has 1 N–H and O–H groups in total. The van der Waals surface area contributed by atoms with E-state index in [4.69, 9.17) is 4.74 Å². The largest absolute Gasteiger partial charge is 0.361 e. The number of rotatable bonds is 6. The summed E-state index contributed by atoms with van der Waals surface area (Å²) in [5.41, 5.74) is 0. The fraction of sp³-hybridized carbons (Fsp3) is 0.500. The second kappa shape index (κ2) is 8.68. The van der Waals surface area contributed by atoms with Gasteiger partial charge in [0, 0.05) is 11.9 Å². The molecule has 4 heteroatoms. The standard InChI is InChI=1S/C6H10FNOS/c7-2-1-3-8-6-9-4-5-10/h1-2,5,8H,3-4,6H2/b2-1+. The summed E-state index contributed by atoms with van der Waals surface area (Å²) in [5, 5.41) is 4.30. The molecule has 0 radical (unpaired) electrons. The Morgan fingerprint density at radius 1 is 1.60 bits per heavy atom. The number of nitrogens with one attached hydrogen (secondary N) is 1. The van der Waals surface area contributed by atoms with Crippen molar-refractivity contribution in [1.29, 1.82) is 0 Å². The third-order valence-corrected chi connectivity index (χ3v) is 0.877. The first-order valence-electron chi connectivity index (χ1n) is 2.89. The number of thiocarbonyl (C=S) groups is 1. The number of hydrogen-bond acceptors (Lipinski definition) is 3. The van der Waals surface area contributed by atoms with Gasteiger partial charge in [-0.05, 0) is 6.08 Å². The molecular formula is C6H10FNOS. The summed E-state index contributed by atoms with van der Waals surface area (Å²) in [6.07, 6.45) is 1.85. The molecule has 0 aromatic heterocycles. The molecule has 0 unspecified atom stereocenters. The Morgan fingerprint density at radius 3 is 3.00 bits per heavy atom. The lowest BCUT2D eigenvalue weighted by atomic mass is 10.6. The van der Waals surface area contributed by atoms with E-state index in [-0.39, 0.29) is 0 Å². The monoisotopic (exact) mass is 163 g/mol. The van der Waals surface area contributed by atoms with Crippen LogP contribution in [-0.4, -0.2) is 25.2 Å². The molecule has 0 aliphatic rings. The van der Waals surface area contributed by atoms with Crippen molar-refractivity contribution in [1.82, 2.24) is 5.32 Å². The molecule has 0 aromatic carbocycles. The van der Waals surface area contributed by atoms with Gasteiger partial charge in [0.2, 0.25) is 0 Å². The van der Waals surface area contributed by atoms with E-state index in [0.29, 0.717) is 26.2 Å². The highest BCUT2D eigenvalue weighted by atomic mass is 32.1. The van der Waals surface area contributed by atoms with Crippen molar-refractivity contribution in [3.63, 3.8) is 0 Å². The highest BCUT2D eigenvalue weighted by molar-refractivity contribution is 7.79. The van der Waals surface area contributed by atoms with E-state index in [0.717, 1.165) is 0 Å². The van der Waals surface area contributed by atoms with Gasteiger partial charge >= 0.3 is 0 Å². The summed E-state index contributed by atoms with van der Waals surface area (Å²) < 4.78 is 16.2. The Labute approximate surface area is 65.1 Å². The van der Waals surface area contributed by atoms with Crippen molar-refractivity contribution in [3.05, 3.63) is 12.4 Å². The lowest BCUT2D eigenvalue weighted by molar-refractivity contribution is 0.157. The lowest BCUT2D eigenvalue weighted by Gasteiger charge is -1.98. The van der Waals surface area contributed by atoms with Crippen LogP contribution in [0.1, 0.15) is 0 Å². The van der Waals surface area contributed by atoms with Crippen molar-refractivity contribution in [3.8, 4) is 0 Å². The number of ether oxygens (including phenoxy) is 1. The van der Waals surface area contributed by atoms with Gasteiger partial charge in [-0.3, -0.25) is 5.32 Å². The van der Waals surface area contributed by atoms with Crippen molar-refractivity contribution in [2.75, 3.05) is 19.9 Å². The first-order chi connectivity index (χ1) is 4.91. The molecule has 0 aromatic rings. The molecule has 58 valence electrons. The Kier molecular flexibility index (Phi) is 8.40. The fourth-order valence-electron chi connectivity index (χ4n) is 0.366. The highest BCUT2D eigenvalue weighted by Gasteiger charge is 1.80. The molecule has 10 heavy (non-hydrogen) atoms. The molecule has 0 aliphatic heterocycles. The lowest BCUT2D eigenvalue weighted by Crippen LogP contribution is -2.18. The van der Waals surface area contributed by atoms with Gasteiger partial charge in [0.05, 0.1) is 19.7 Å². The van der Waals surface area contributed by atoms with Crippen LogP contribution in [0.2, 0.25) is 0 Å². The minimum absolute atomic E-state index is 0.400. The van der Waals surface area contributed by atoms with Gasteiger partial charge in [-0.15, -0.1) is 0 Å². The molecule has 0 aliphatic carbocycles. The molecule has 0 fully saturated rings. The third kappa shape index (κ3) is 7.68. The van der Waals surface area contributed by atoms with Gasteiger partial charge in [-0.1, -0.05) is 12.2 Å². The van der Waals surface area contributed by atoms with Gasteiger partial charge < -0.3 is 4.74 Å². The Balaban J connectivity index is 2.83. The normalized spacial score (nSPS) is 10.5. The van der Waals surface area contributed by atoms with E-state index in [2.05, 4.69) is 17.5 Å². The van der Waals surface area contributed by atoms with Gasteiger partial charge in [-0.25, -0.2) is 4.39 Å². The molecular weight excluding hydrogens is 153 g/mol. The summed E-state index contributed by atoms with van der Waals surface area (Å²) in [7, 11) is 0. The van der Waals surface area contributed by atoms with E-state index in [1.54, 1.807) is 0 Å². The van der Waals surface area contributed by atoms with Crippen molar-refractivity contribution >= 4 is 17.6 Å². The fourth-order valence-corrected chi connectivity index (χ4v) is 0.462. The first-order valence-corrected chi connectivity index (χ1v) is 3.36. The molecule has 0 bridgehead atoms. The maximum atomic E-state index is 11.3. The minimum atomic E-state index is 0.400. The zero-order chi connectivity index (χ0) is 7.66. The van der Waals surface area contributed by atoms with Crippen LogP contribution in [0.5, 0.6) is 0 Å². The molecule has 0 rings (SSSR count). The van der Waals surface area contributed by atoms with E-state index in [1.807, 2.05) is 0 Å². The van der Waals surface area contributed by atoms with Crippen LogP contribution in [0.15, 0.2) is 12.4 Å². The van der Waals surface area contributed by atoms with Gasteiger partial charge in [0.15, 0.2) is 0 Å². The minimum Gasteiger partial charge on any atom is -0.361 e. The number of hydrogen-bond donors (Lipinski definition) is 1. The summed E-state index contributed by atoms with van der Waals surface area (Å²) in [5.74, 6) is 0. The van der Waals surface area contributed by atoms with Crippen LogP contribution < -0.4 is 5.32 Å². The summed E-state index contributed by atoms with van der Waals surface area (Å²) in [4.78, 5) is 0. The predicted molar refractivity (Wildman–Crippen MR) is 42.7 cm³/mol. The van der Waals surface area contributed by atoms with Crippen LogP contribution >= 0.6 is 12.2 Å². The zero-order valence-corrected chi connectivity index (χ0v) is 6.36. The maximum Gasteiger partial charge on any atom is 0.0972 e. The van der Waals surface area contributed by atoms with Gasteiger partial charge in [0.1, 0.15) is 0 Å². The summed E-state index contributed by atoms with van der Waals surface area (Å²) in [6.45, 7) is 1.33. The molecule has 0 heterocycles. The predicted octanol–water partition coefficient (Wildman–Crippen LogP) is 1.03. The van der Waals surface area contributed by atoms with E-state index in [9.17, 15) is 4.39 Å². The van der Waals surface area contributed by atoms with E-state index in [1.165, 1.54) is 11.4 Å². The molecule has 0 spiro atoms. The topological polar surface area (TPSA) is 21.3 Å². The van der Waals surface area contributed by atoms with Gasteiger partial charge in [0.25, 0.3) is 0 Å². The first kappa shape index (κ1) is 9.68. The second-order valence-electron chi connectivity index (χ2n) is 1.50. The van der Waals surface area contributed by atoms with Crippen LogP contribution in [-0.2, 0) is 4.74 Å². The Bertz CT molecular complexity index is 108. The number of halogens is 1. The average Bonchev–Trinajstić information content (AvgIpc) is 1.97. The molecule has 0 saturated heterocycles.